The second-order valence-corrected chi connectivity index (χ2v) is 6.43. The maximum atomic E-state index is 12.4. The van der Waals surface area contributed by atoms with Crippen molar-refractivity contribution in [1.29, 1.82) is 5.26 Å². The summed E-state index contributed by atoms with van der Waals surface area (Å²) in [4.78, 5) is 27.4. The third kappa shape index (κ3) is 4.70. The van der Waals surface area contributed by atoms with Crippen molar-refractivity contribution in [2.75, 3.05) is 13.6 Å². The lowest BCUT2D eigenvalue weighted by Gasteiger charge is -2.20. The number of benzene rings is 1. The molecule has 8 heteroatoms. The zero-order chi connectivity index (χ0) is 20.1. The van der Waals surface area contributed by atoms with Gasteiger partial charge in [-0.25, -0.2) is 4.79 Å². The van der Waals surface area contributed by atoms with Crippen molar-refractivity contribution in [2.24, 2.45) is 0 Å². The van der Waals surface area contributed by atoms with Crippen LogP contribution in [-0.2, 0) is 9.53 Å². The average Bonchev–Trinajstić information content (AvgIpc) is 3.00. The molecule has 8 nitrogen and oxygen atoms in total. The first-order chi connectivity index (χ1) is 12.7. The number of nitrogens with zero attached hydrogens (tertiary/aromatic N) is 5. The molecule has 0 unspecified atom stereocenters. The van der Waals surface area contributed by atoms with Gasteiger partial charge in [0, 0.05) is 13.6 Å². The average molecular weight is 369 g/mol. The monoisotopic (exact) mass is 369 g/mol. The zero-order valence-electron chi connectivity index (χ0n) is 16.2. The summed E-state index contributed by atoms with van der Waals surface area (Å²) < 4.78 is 5.25. The summed E-state index contributed by atoms with van der Waals surface area (Å²) in [6, 6.07) is 7.80. The molecule has 0 saturated carbocycles. The van der Waals surface area contributed by atoms with Crippen molar-refractivity contribution >= 4 is 11.9 Å². The Hall–Kier alpha value is -3.21. The van der Waals surface area contributed by atoms with Crippen LogP contribution in [0.3, 0.4) is 0 Å². The molecule has 2 aromatic rings. The maximum absolute atomic E-state index is 12.4. The second kappa shape index (κ2) is 8.45. The van der Waals surface area contributed by atoms with Gasteiger partial charge in [-0.15, -0.1) is 5.10 Å². The normalized spacial score (nSPS) is 11.6. The predicted octanol–water partition coefficient (Wildman–Crippen LogP) is 2.11. The minimum absolute atomic E-state index is 0.0642. The minimum atomic E-state index is -0.980. The molecule has 0 aliphatic rings. The number of aryl methyl sites for hydroxylation is 3. The summed E-state index contributed by atoms with van der Waals surface area (Å²) in [5, 5.41) is 17.1. The van der Waals surface area contributed by atoms with Crippen LogP contribution < -0.4 is 0 Å². The van der Waals surface area contributed by atoms with Gasteiger partial charge in [0.05, 0.1) is 23.9 Å². The molecule has 142 valence electrons. The summed E-state index contributed by atoms with van der Waals surface area (Å²) in [6.07, 6.45) is -0.765. The van der Waals surface area contributed by atoms with Crippen molar-refractivity contribution in [1.82, 2.24) is 19.9 Å². The predicted molar refractivity (Wildman–Crippen MR) is 98.3 cm³/mol. The molecule has 0 fully saturated rings. The van der Waals surface area contributed by atoms with E-state index in [0.29, 0.717) is 5.69 Å². The van der Waals surface area contributed by atoms with E-state index in [1.165, 1.54) is 16.6 Å². The first-order valence-corrected chi connectivity index (χ1v) is 8.59. The standard InChI is InChI=1S/C19H23N5O3/c1-12-7-8-16(13(2)11-12)24-21-14(3)17(22-24)19(26)27-15(4)18(25)23(5)10-6-9-20/h7-8,11,15H,6,10H2,1-5H3/t15-/m1/s1. The maximum Gasteiger partial charge on any atom is 0.361 e. The topological polar surface area (TPSA) is 101 Å². The van der Waals surface area contributed by atoms with E-state index in [1.54, 1.807) is 14.0 Å². The number of aromatic nitrogens is 3. The van der Waals surface area contributed by atoms with E-state index < -0.39 is 12.1 Å². The fourth-order valence-corrected chi connectivity index (χ4v) is 2.61. The van der Waals surface area contributed by atoms with Crippen LogP contribution in [0.15, 0.2) is 18.2 Å². The van der Waals surface area contributed by atoms with Gasteiger partial charge in [0.1, 0.15) is 0 Å². The molecule has 0 radical (unpaired) electrons. The fourth-order valence-electron chi connectivity index (χ4n) is 2.61. The van der Waals surface area contributed by atoms with Crippen LogP contribution in [0.4, 0.5) is 0 Å². The molecule has 27 heavy (non-hydrogen) atoms. The third-order valence-corrected chi connectivity index (χ3v) is 4.11. The Balaban J connectivity index is 2.14. The quantitative estimate of drug-likeness (QED) is 0.723. The Kier molecular flexibility index (Phi) is 6.29. The smallest absolute Gasteiger partial charge is 0.361 e. The number of likely N-dealkylation sites (N-methyl/N-ethyl adjacent to an activating group) is 1. The number of amides is 1. The highest BCUT2D eigenvalue weighted by Crippen LogP contribution is 2.16. The van der Waals surface area contributed by atoms with Gasteiger partial charge in [-0.3, -0.25) is 4.79 Å². The van der Waals surface area contributed by atoms with Crippen LogP contribution in [0.1, 0.15) is 40.7 Å². The van der Waals surface area contributed by atoms with Crippen molar-refractivity contribution in [3.63, 3.8) is 0 Å². The van der Waals surface area contributed by atoms with Crippen LogP contribution in [0.5, 0.6) is 0 Å². The lowest BCUT2D eigenvalue weighted by molar-refractivity contribution is -0.138. The van der Waals surface area contributed by atoms with Crippen LogP contribution in [0.25, 0.3) is 5.69 Å². The van der Waals surface area contributed by atoms with Crippen LogP contribution in [0.2, 0.25) is 0 Å². The van der Waals surface area contributed by atoms with Gasteiger partial charge in [0.25, 0.3) is 5.91 Å². The lowest BCUT2D eigenvalue weighted by atomic mass is 10.1. The Bertz CT molecular complexity index is 897. The van der Waals surface area contributed by atoms with Crippen LogP contribution >= 0.6 is 0 Å². The summed E-state index contributed by atoms with van der Waals surface area (Å²) in [5.74, 6) is -1.09. The molecule has 1 heterocycles. The number of esters is 1. The molecule has 0 saturated heterocycles. The highest BCUT2D eigenvalue weighted by Gasteiger charge is 2.25. The summed E-state index contributed by atoms with van der Waals surface area (Å²) in [5.41, 5.74) is 3.34. The minimum Gasteiger partial charge on any atom is -0.448 e. The van der Waals surface area contributed by atoms with E-state index in [1.807, 2.05) is 38.1 Å². The van der Waals surface area contributed by atoms with E-state index in [2.05, 4.69) is 10.2 Å². The van der Waals surface area contributed by atoms with E-state index >= 15 is 0 Å². The Labute approximate surface area is 158 Å². The molecule has 1 atom stereocenters. The molecular weight excluding hydrogens is 346 g/mol. The molecule has 0 aliphatic heterocycles. The first-order valence-electron chi connectivity index (χ1n) is 8.59. The van der Waals surface area contributed by atoms with E-state index in [-0.39, 0.29) is 24.6 Å². The number of nitriles is 1. The van der Waals surface area contributed by atoms with Crippen LogP contribution in [0, 0.1) is 32.1 Å². The van der Waals surface area contributed by atoms with Gasteiger partial charge in [0.15, 0.2) is 11.8 Å². The summed E-state index contributed by atoms with van der Waals surface area (Å²) in [6.45, 7) is 7.37. The summed E-state index contributed by atoms with van der Waals surface area (Å²) in [7, 11) is 1.56. The fraction of sp³-hybridized carbons (Fsp3) is 0.421. The number of hydrogen-bond acceptors (Lipinski definition) is 6. The number of hydrogen-bond donors (Lipinski definition) is 0. The van der Waals surface area contributed by atoms with Crippen molar-refractivity contribution in [3.8, 4) is 11.8 Å². The Morgan fingerprint density at radius 3 is 2.63 bits per heavy atom. The molecule has 0 aliphatic carbocycles. The highest BCUT2D eigenvalue weighted by molar-refractivity contribution is 5.91. The SMILES string of the molecule is Cc1ccc(-n2nc(C)c(C(=O)O[C@H](C)C(=O)N(C)CCC#N)n2)c(C)c1. The molecule has 0 N–H and O–H groups in total. The first kappa shape index (κ1) is 20.1. The van der Waals surface area contributed by atoms with Gasteiger partial charge < -0.3 is 9.64 Å². The number of carbonyl (C=O) groups excluding carboxylic acids is 2. The van der Waals surface area contributed by atoms with Gasteiger partial charge in [-0.2, -0.15) is 15.2 Å². The molecule has 0 bridgehead atoms. The molecule has 1 aromatic carbocycles. The van der Waals surface area contributed by atoms with Gasteiger partial charge >= 0.3 is 5.97 Å². The van der Waals surface area contributed by atoms with Gasteiger partial charge in [-0.05, 0) is 39.3 Å². The molecular formula is C19H23N5O3. The van der Waals surface area contributed by atoms with Crippen molar-refractivity contribution < 1.29 is 14.3 Å². The third-order valence-electron chi connectivity index (χ3n) is 4.11. The zero-order valence-corrected chi connectivity index (χ0v) is 16.2. The highest BCUT2D eigenvalue weighted by atomic mass is 16.5. The van der Waals surface area contributed by atoms with E-state index in [0.717, 1.165) is 16.8 Å². The number of rotatable bonds is 6. The lowest BCUT2D eigenvalue weighted by Crippen LogP contribution is -2.38. The Morgan fingerprint density at radius 2 is 2.00 bits per heavy atom. The number of carbonyl (C=O) groups is 2. The van der Waals surface area contributed by atoms with Gasteiger partial charge in [0.2, 0.25) is 0 Å². The van der Waals surface area contributed by atoms with Crippen molar-refractivity contribution in [3.05, 3.63) is 40.7 Å². The molecule has 1 aromatic heterocycles. The van der Waals surface area contributed by atoms with Crippen LogP contribution in [-0.4, -0.2) is 51.5 Å². The second-order valence-electron chi connectivity index (χ2n) is 6.43. The van der Waals surface area contributed by atoms with Gasteiger partial charge in [-0.1, -0.05) is 17.7 Å². The molecule has 1 amide bonds. The Morgan fingerprint density at radius 1 is 1.30 bits per heavy atom. The van der Waals surface area contributed by atoms with Crippen molar-refractivity contribution in [2.45, 2.75) is 40.2 Å². The molecule has 0 spiro atoms. The summed E-state index contributed by atoms with van der Waals surface area (Å²) >= 11 is 0. The number of ether oxygens (including phenoxy) is 1. The largest absolute Gasteiger partial charge is 0.448 e. The van der Waals surface area contributed by atoms with E-state index in [9.17, 15) is 9.59 Å². The van der Waals surface area contributed by atoms with E-state index in [4.69, 9.17) is 10.00 Å². The molecule has 2 rings (SSSR count).